The molecule has 0 aliphatic carbocycles. The van der Waals surface area contributed by atoms with Gasteiger partial charge >= 0.3 is 0 Å². The van der Waals surface area contributed by atoms with Crippen molar-refractivity contribution >= 4 is 24.8 Å². The molecule has 2 heterocycles. The normalized spacial score (nSPS) is 27.7. The van der Waals surface area contributed by atoms with E-state index in [4.69, 9.17) is 4.74 Å². The lowest BCUT2D eigenvalue weighted by atomic mass is 10.1. The molecular weight excluding hydrogens is 211 g/mol. The van der Waals surface area contributed by atoms with E-state index < -0.39 is 0 Å². The topological polar surface area (TPSA) is 24.5 Å². The molecule has 2 rings (SSSR count). The summed E-state index contributed by atoms with van der Waals surface area (Å²) in [6.45, 7) is 4.21. The summed E-state index contributed by atoms with van der Waals surface area (Å²) in [5, 5.41) is 3.28. The molecule has 80 valence electrons. The first-order valence-electron chi connectivity index (χ1n) is 4.38. The van der Waals surface area contributed by atoms with Crippen molar-refractivity contribution in [2.75, 3.05) is 33.4 Å². The molecule has 1 N–H and O–H groups in total. The number of hydrogen-bond acceptors (Lipinski definition) is 3. The number of rotatable bonds is 2. The van der Waals surface area contributed by atoms with Gasteiger partial charge in [0.1, 0.15) is 0 Å². The van der Waals surface area contributed by atoms with Crippen LogP contribution >= 0.6 is 24.8 Å². The van der Waals surface area contributed by atoms with E-state index in [1.54, 1.807) is 0 Å². The van der Waals surface area contributed by atoms with E-state index in [1.807, 2.05) is 0 Å². The summed E-state index contributed by atoms with van der Waals surface area (Å²) in [5.41, 5.74) is 0. The molecule has 2 fully saturated rings. The molecule has 0 bridgehead atoms. The van der Waals surface area contributed by atoms with Gasteiger partial charge in [-0.2, -0.15) is 0 Å². The lowest BCUT2D eigenvalue weighted by molar-refractivity contribution is 0.106. The van der Waals surface area contributed by atoms with Crippen molar-refractivity contribution in [2.24, 2.45) is 0 Å². The molecule has 0 aromatic carbocycles. The Morgan fingerprint density at radius 2 is 1.92 bits per heavy atom. The smallest absolute Gasteiger partial charge is 0.0622 e. The van der Waals surface area contributed by atoms with E-state index in [0.717, 1.165) is 32.3 Å². The summed E-state index contributed by atoms with van der Waals surface area (Å²) in [7, 11) is 2.21. The Morgan fingerprint density at radius 3 is 2.31 bits per heavy atom. The van der Waals surface area contributed by atoms with Gasteiger partial charge < -0.3 is 10.1 Å². The maximum absolute atomic E-state index is 5.33. The van der Waals surface area contributed by atoms with Crippen molar-refractivity contribution in [1.82, 2.24) is 10.2 Å². The van der Waals surface area contributed by atoms with Gasteiger partial charge in [-0.25, -0.2) is 0 Å². The van der Waals surface area contributed by atoms with Crippen LogP contribution < -0.4 is 5.32 Å². The highest BCUT2D eigenvalue weighted by Crippen LogP contribution is 2.14. The number of likely N-dealkylation sites (N-methyl/N-ethyl adjacent to an activating group) is 1. The Hall–Kier alpha value is 0.460. The van der Waals surface area contributed by atoms with Gasteiger partial charge in [0.05, 0.1) is 6.61 Å². The van der Waals surface area contributed by atoms with E-state index in [-0.39, 0.29) is 24.8 Å². The minimum Gasteiger partial charge on any atom is -0.380 e. The molecule has 13 heavy (non-hydrogen) atoms. The minimum absolute atomic E-state index is 0. The fraction of sp³-hybridized carbons (Fsp3) is 1.00. The zero-order valence-electron chi connectivity index (χ0n) is 7.86. The Balaban J connectivity index is 0.000000720. The van der Waals surface area contributed by atoms with E-state index in [0.29, 0.717) is 6.04 Å². The van der Waals surface area contributed by atoms with Crippen molar-refractivity contribution in [2.45, 2.75) is 18.5 Å². The summed E-state index contributed by atoms with van der Waals surface area (Å²) in [6.07, 6.45) is 1.22. The minimum atomic E-state index is 0. The second kappa shape index (κ2) is 6.04. The molecule has 2 aliphatic rings. The molecule has 0 amide bonds. The van der Waals surface area contributed by atoms with Gasteiger partial charge in [0.2, 0.25) is 0 Å². The fourth-order valence-electron chi connectivity index (χ4n) is 1.70. The first-order chi connectivity index (χ1) is 5.38. The van der Waals surface area contributed by atoms with Crippen molar-refractivity contribution < 1.29 is 4.74 Å². The molecule has 2 aliphatic heterocycles. The lowest BCUT2D eigenvalue weighted by Crippen LogP contribution is -2.58. The van der Waals surface area contributed by atoms with Gasteiger partial charge in [-0.15, -0.1) is 24.8 Å². The van der Waals surface area contributed by atoms with Crippen LogP contribution in [0.5, 0.6) is 0 Å². The number of ether oxygens (including phenoxy) is 1. The highest BCUT2D eigenvalue weighted by atomic mass is 35.5. The van der Waals surface area contributed by atoms with Gasteiger partial charge in [-0.1, -0.05) is 0 Å². The van der Waals surface area contributed by atoms with E-state index >= 15 is 0 Å². The van der Waals surface area contributed by atoms with Crippen LogP contribution in [-0.2, 0) is 4.74 Å². The van der Waals surface area contributed by atoms with Gasteiger partial charge in [0.25, 0.3) is 0 Å². The van der Waals surface area contributed by atoms with E-state index in [2.05, 4.69) is 17.3 Å². The Bertz CT molecular complexity index is 138. The van der Waals surface area contributed by atoms with E-state index in [1.165, 1.54) is 6.42 Å². The molecule has 0 spiro atoms. The lowest BCUT2D eigenvalue weighted by Gasteiger charge is -2.38. The number of halogens is 2. The third-order valence-electron chi connectivity index (χ3n) is 2.82. The van der Waals surface area contributed by atoms with Crippen molar-refractivity contribution in [3.05, 3.63) is 0 Å². The number of nitrogens with zero attached hydrogens (tertiary/aromatic N) is 1. The molecule has 1 atom stereocenters. The first kappa shape index (κ1) is 13.5. The first-order valence-corrected chi connectivity index (χ1v) is 4.38. The van der Waals surface area contributed by atoms with Crippen LogP contribution in [0.4, 0.5) is 0 Å². The van der Waals surface area contributed by atoms with Gasteiger partial charge in [-0.3, -0.25) is 4.90 Å². The predicted octanol–water partition coefficient (Wildman–Crippen LogP) is 0.522. The Kier molecular flexibility index (Phi) is 6.25. The van der Waals surface area contributed by atoms with Gasteiger partial charge in [-0.05, 0) is 13.5 Å². The van der Waals surface area contributed by atoms with E-state index in [9.17, 15) is 0 Å². The Labute approximate surface area is 92.0 Å². The molecule has 5 heteroatoms. The third kappa shape index (κ3) is 2.96. The molecule has 2 saturated heterocycles. The van der Waals surface area contributed by atoms with Crippen LogP contribution in [0, 0.1) is 0 Å². The molecule has 0 saturated carbocycles. The monoisotopic (exact) mass is 228 g/mol. The predicted molar refractivity (Wildman–Crippen MR) is 58.1 cm³/mol. The van der Waals surface area contributed by atoms with Crippen LogP contribution in [0.25, 0.3) is 0 Å². The average Bonchev–Trinajstić information content (AvgIpc) is 2.32. The molecule has 0 radical (unpaired) electrons. The van der Waals surface area contributed by atoms with Crippen LogP contribution in [0.2, 0.25) is 0 Å². The van der Waals surface area contributed by atoms with Crippen LogP contribution in [-0.4, -0.2) is 50.3 Å². The number of hydrogen-bond donors (Lipinski definition) is 1. The summed E-state index contributed by atoms with van der Waals surface area (Å²) in [5.74, 6) is 0. The molecule has 3 nitrogen and oxygen atoms in total. The van der Waals surface area contributed by atoms with Crippen molar-refractivity contribution in [3.8, 4) is 0 Å². The fourth-order valence-corrected chi connectivity index (χ4v) is 1.70. The molecule has 0 aromatic rings. The molecule has 1 unspecified atom stereocenters. The largest absolute Gasteiger partial charge is 0.380 e. The average molecular weight is 229 g/mol. The summed E-state index contributed by atoms with van der Waals surface area (Å²) < 4.78 is 5.33. The number of nitrogens with one attached hydrogen (secondary N) is 1. The highest BCUT2D eigenvalue weighted by Gasteiger charge is 2.29. The molecule has 0 aromatic heterocycles. The highest BCUT2D eigenvalue weighted by molar-refractivity contribution is 5.85. The van der Waals surface area contributed by atoms with Crippen LogP contribution in [0.3, 0.4) is 0 Å². The SMILES string of the molecule is CN(C1CNC1)C1CCOC1.Cl.Cl. The second-order valence-corrected chi connectivity index (χ2v) is 3.49. The zero-order valence-corrected chi connectivity index (χ0v) is 9.50. The maximum Gasteiger partial charge on any atom is 0.0622 e. The second-order valence-electron chi connectivity index (χ2n) is 3.49. The van der Waals surface area contributed by atoms with Crippen molar-refractivity contribution in [1.29, 1.82) is 0 Å². The van der Waals surface area contributed by atoms with Gasteiger partial charge in [0, 0.05) is 31.8 Å². The quantitative estimate of drug-likeness (QED) is 0.747. The van der Waals surface area contributed by atoms with Gasteiger partial charge in [0.15, 0.2) is 0 Å². The third-order valence-corrected chi connectivity index (χ3v) is 2.82. The Morgan fingerprint density at radius 1 is 1.23 bits per heavy atom. The van der Waals surface area contributed by atoms with Crippen LogP contribution in [0.1, 0.15) is 6.42 Å². The molecular formula is C8H18Cl2N2O. The van der Waals surface area contributed by atoms with Crippen LogP contribution in [0.15, 0.2) is 0 Å². The standard InChI is InChI=1S/C8H16N2O.2ClH/c1-10(8-4-9-5-8)7-2-3-11-6-7;;/h7-9H,2-6H2,1H3;2*1H. The summed E-state index contributed by atoms with van der Waals surface area (Å²) >= 11 is 0. The summed E-state index contributed by atoms with van der Waals surface area (Å²) in [4.78, 5) is 2.46. The summed E-state index contributed by atoms with van der Waals surface area (Å²) in [6, 6.07) is 1.45. The van der Waals surface area contributed by atoms with Crippen molar-refractivity contribution in [3.63, 3.8) is 0 Å². The zero-order chi connectivity index (χ0) is 7.68. The maximum atomic E-state index is 5.33.